The van der Waals surface area contributed by atoms with Gasteiger partial charge in [-0.15, -0.1) is 0 Å². The van der Waals surface area contributed by atoms with Gasteiger partial charge in [-0.2, -0.15) is 0 Å². The van der Waals surface area contributed by atoms with Crippen molar-refractivity contribution in [3.63, 3.8) is 0 Å². The number of benzene rings is 1. The van der Waals surface area contributed by atoms with Crippen molar-refractivity contribution in [1.82, 2.24) is 4.72 Å². The molecule has 19 heavy (non-hydrogen) atoms. The fourth-order valence-corrected chi connectivity index (χ4v) is 2.34. The number of hydrogen-bond donors (Lipinski definition) is 3. The van der Waals surface area contributed by atoms with E-state index >= 15 is 0 Å². The molecule has 1 rings (SSSR count). The Balaban J connectivity index is 2.93. The number of amides is 1. The summed E-state index contributed by atoms with van der Waals surface area (Å²) >= 11 is 0. The molecule has 5 N–H and O–H groups in total. The summed E-state index contributed by atoms with van der Waals surface area (Å²) in [7, 11) is -3.92. The van der Waals surface area contributed by atoms with Gasteiger partial charge in [0, 0.05) is 6.54 Å². The number of nitrogens with one attached hydrogen (secondary N) is 1. The molecule has 1 aromatic carbocycles. The smallest absolute Gasteiger partial charge is 0.240 e. The van der Waals surface area contributed by atoms with E-state index < -0.39 is 27.2 Å². The first-order chi connectivity index (χ1) is 8.56. The minimum Gasteiger partial charge on any atom is -0.396 e. The third-order valence-corrected chi connectivity index (χ3v) is 4.05. The molecule has 0 atom stereocenters. The Hall–Kier alpha value is -1.67. The first kappa shape index (κ1) is 15.4. The number of anilines is 1. The standard InChI is InChI=1S/C11H16FN3O3S/c1-11(2,10(14)16)6-15-19(17,18)7-3-4-9(13)8(12)5-7/h3-5,15H,6,13H2,1-2H3,(H2,14,16). The van der Waals surface area contributed by atoms with Crippen molar-refractivity contribution in [3.8, 4) is 0 Å². The largest absolute Gasteiger partial charge is 0.396 e. The number of primary amides is 1. The highest BCUT2D eigenvalue weighted by atomic mass is 32.2. The van der Waals surface area contributed by atoms with Crippen molar-refractivity contribution in [2.45, 2.75) is 18.7 Å². The lowest BCUT2D eigenvalue weighted by atomic mass is 9.93. The molecule has 0 bridgehead atoms. The van der Waals surface area contributed by atoms with Crippen LogP contribution in [0.3, 0.4) is 0 Å². The predicted molar refractivity (Wildman–Crippen MR) is 69.0 cm³/mol. The van der Waals surface area contributed by atoms with E-state index in [0.29, 0.717) is 0 Å². The Labute approximate surface area is 111 Å². The second-order valence-corrected chi connectivity index (χ2v) is 6.52. The van der Waals surface area contributed by atoms with Crippen LogP contribution < -0.4 is 16.2 Å². The van der Waals surface area contributed by atoms with Crippen LogP contribution in [0.25, 0.3) is 0 Å². The van der Waals surface area contributed by atoms with Crippen molar-refractivity contribution >= 4 is 21.6 Å². The number of nitrogens with two attached hydrogens (primary N) is 2. The van der Waals surface area contributed by atoms with Crippen LogP contribution in [-0.2, 0) is 14.8 Å². The van der Waals surface area contributed by atoms with E-state index in [1.807, 2.05) is 0 Å². The number of sulfonamides is 1. The van der Waals surface area contributed by atoms with Gasteiger partial charge in [-0.25, -0.2) is 17.5 Å². The fourth-order valence-electron chi connectivity index (χ4n) is 1.12. The maximum Gasteiger partial charge on any atom is 0.240 e. The van der Waals surface area contributed by atoms with E-state index in [4.69, 9.17) is 11.5 Å². The van der Waals surface area contributed by atoms with Crippen LogP contribution in [-0.4, -0.2) is 20.9 Å². The number of halogens is 1. The van der Waals surface area contributed by atoms with Crippen LogP contribution in [0.1, 0.15) is 13.8 Å². The number of carbonyl (C=O) groups excluding carboxylic acids is 1. The van der Waals surface area contributed by atoms with E-state index in [1.165, 1.54) is 19.9 Å². The SMILES string of the molecule is CC(C)(CNS(=O)(=O)c1ccc(N)c(F)c1)C(N)=O. The van der Waals surface area contributed by atoms with E-state index in [1.54, 1.807) is 0 Å². The lowest BCUT2D eigenvalue weighted by Crippen LogP contribution is -2.42. The number of hydrogen-bond acceptors (Lipinski definition) is 4. The minimum atomic E-state index is -3.92. The van der Waals surface area contributed by atoms with E-state index in [9.17, 15) is 17.6 Å². The van der Waals surface area contributed by atoms with E-state index in [-0.39, 0.29) is 17.1 Å². The van der Waals surface area contributed by atoms with Gasteiger partial charge in [-0.1, -0.05) is 0 Å². The zero-order valence-corrected chi connectivity index (χ0v) is 11.4. The molecule has 106 valence electrons. The average molecular weight is 289 g/mol. The van der Waals surface area contributed by atoms with E-state index in [0.717, 1.165) is 12.1 Å². The van der Waals surface area contributed by atoms with Gasteiger partial charge in [0.2, 0.25) is 15.9 Å². The summed E-state index contributed by atoms with van der Waals surface area (Å²) in [4.78, 5) is 10.8. The topological polar surface area (TPSA) is 115 Å². The Kier molecular flexibility index (Phi) is 4.16. The highest BCUT2D eigenvalue weighted by Gasteiger charge is 2.27. The maximum atomic E-state index is 13.2. The van der Waals surface area contributed by atoms with E-state index in [2.05, 4.69) is 4.72 Å². The summed E-state index contributed by atoms with van der Waals surface area (Å²) < 4.78 is 39.2. The summed E-state index contributed by atoms with van der Waals surface area (Å²) in [5.41, 5.74) is 9.21. The Morgan fingerprint density at radius 3 is 2.47 bits per heavy atom. The number of rotatable bonds is 5. The van der Waals surface area contributed by atoms with Gasteiger partial charge in [0.25, 0.3) is 0 Å². The third kappa shape index (κ3) is 3.65. The molecular weight excluding hydrogens is 273 g/mol. The maximum absolute atomic E-state index is 13.2. The molecule has 1 amide bonds. The van der Waals surface area contributed by atoms with Crippen LogP contribution in [0.15, 0.2) is 23.1 Å². The highest BCUT2D eigenvalue weighted by molar-refractivity contribution is 7.89. The summed E-state index contributed by atoms with van der Waals surface area (Å²) in [6.45, 7) is 2.82. The average Bonchev–Trinajstić information content (AvgIpc) is 2.30. The molecule has 6 nitrogen and oxygen atoms in total. The van der Waals surface area contributed by atoms with Crippen molar-refractivity contribution in [2.75, 3.05) is 12.3 Å². The number of carbonyl (C=O) groups is 1. The van der Waals surface area contributed by atoms with Gasteiger partial charge in [-0.3, -0.25) is 4.79 Å². The Morgan fingerprint density at radius 2 is 2.00 bits per heavy atom. The normalized spacial score (nSPS) is 12.4. The van der Waals surface area contributed by atoms with Crippen LogP contribution in [0, 0.1) is 11.2 Å². The first-order valence-corrected chi connectivity index (χ1v) is 6.89. The van der Waals surface area contributed by atoms with Crippen LogP contribution in [0.2, 0.25) is 0 Å². The molecule has 0 aliphatic rings. The molecule has 0 aromatic heterocycles. The summed E-state index contributed by atoms with van der Waals surface area (Å²) in [5, 5.41) is 0. The van der Waals surface area contributed by atoms with Crippen LogP contribution >= 0.6 is 0 Å². The third-order valence-electron chi connectivity index (χ3n) is 2.65. The zero-order chi connectivity index (χ0) is 14.8. The molecule has 8 heteroatoms. The summed E-state index contributed by atoms with van der Waals surface area (Å²) in [6, 6.07) is 3.15. The molecule has 0 aliphatic heterocycles. The quantitative estimate of drug-likeness (QED) is 0.671. The fraction of sp³-hybridized carbons (Fsp3) is 0.364. The second-order valence-electron chi connectivity index (χ2n) is 4.76. The molecular formula is C11H16FN3O3S. The summed E-state index contributed by atoms with van der Waals surface area (Å²) in [5.74, 6) is -1.46. The zero-order valence-electron chi connectivity index (χ0n) is 10.6. The van der Waals surface area contributed by atoms with Crippen molar-refractivity contribution in [3.05, 3.63) is 24.0 Å². The van der Waals surface area contributed by atoms with Crippen molar-refractivity contribution < 1.29 is 17.6 Å². The van der Waals surface area contributed by atoms with Gasteiger partial charge in [0.05, 0.1) is 16.0 Å². The Morgan fingerprint density at radius 1 is 1.42 bits per heavy atom. The van der Waals surface area contributed by atoms with Gasteiger partial charge in [0.15, 0.2) is 0 Å². The lowest BCUT2D eigenvalue weighted by molar-refractivity contribution is -0.125. The molecule has 0 aliphatic carbocycles. The van der Waals surface area contributed by atoms with Gasteiger partial charge >= 0.3 is 0 Å². The molecule has 0 spiro atoms. The molecule has 0 fully saturated rings. The lowest BCUT2D eigenvalue weighted by Gasteiger charge is -2.20. The molecule has 0 saturated carbocycles. The first-order valence-electron chi connectivity index (χ1n) is 5.41. The molecule has 0 heterocycles. The second kappa shape index (κ2) is 5.14. The molecule has 1 aromatic rings. The van der Waals surface area contributed by atoms with Crippen LogP contribution in [0.4, 0.5) is 10.1 Å². The molecule has 0 saturated heterocycles. The number of nitrogen functional groups attached to an aromatic ring is 1. The molecule has 0 radical (unpaired) electrons. The van der Waals surface area contributed by atoms with Crippen molar-refractivity contribution in [2.24, 2.45) is 11.1 Å². The van der Waals surface area contributed by atoms with Gasteiger partial charge < -0.3 is 11.5 Å². The Bertz CT molecular complexity index is 599. The minimum absolute atomic E-state index is 0.142. The van der Waals surface area contributed by atoms with Crippen LogP contribution in [0.5, 0.6) is 0 Å². The monoisotopic (exact) mass is 289 g/mol. The highest BCUT2D eigenvalue weighted by Crippen LogP contribution is 2.18. The molecule has 0 unspecified atom stereocenters. The van der Waals surface area contributed by atoms with Crippen molar-refractivity contribution in [1.29, 1.82) is 0 Å². The predicted octanol–water partition coefficient (Wildman–Crippen LogP) is 0.198. The van der Waals surface area contributed by atoms with Gasteiger partial charge in [0.1, 0.15) is 5.82 Å². The van der Waals surface area contributed by atoms with Gasteiger partial charge in [-0.05, 0) is 32.0 Å². The summed E-state index contributed by atoms with van der Waals surface area (Å²) in [6.07, 6.45) is 0.